The van der Waals surface area contributed by atoms with Crippen LogP contribution in [0, 0.1) is 24.1 Å². The Hall–Kier alpha value is -2.28. The average molecular weight is 230 g/mol. The maximum absolute atomic E-state index is 13.6. The van der Waals surface area contributed by atoms with Gasteiger partial charge in [-0.05, 0) is 25.1 Å². The molecule has 0 saturated carbocycles. The van der Waals surface area contributed by atoms with E-state index in [1.165, 1.54) is 19.2 Å². The van der Waals surface area contributed by atoms with Gasteiger partial charge in [-0.15, -0.1) is 0 Å². The van der Waals surface area contributed by atoms with E-state index in [1.54, 1.807) is 6.07 Å². The van der Waals surface area contributed by atoms with Gasteiger partial charge in [-0.2, -0.15) is 5.26 Å². The minimum Gasteiger partial charge on any atom is -0.496 e. The number of hydrogen-bond donors (Lipinski definition) is 1. The fraction of sp³-hybridized carbons (Fsp3) is 0.154. The highest BCUT2D eigenvalue weighted by Crippen LogP contribution is 2.31. The molecule has 0 unspecified atom stereocenters. The number of nitriles is 1. The van der Waals surface area contributed by atoms with Crippen molar-refractivity contribution in [3.63, 3.8) is 0 Å². The number of nitrogens with one attached hydrogen (secondary N) is 1. The molecule has 4 heteroatoms. The fourth-order valence-corrected chi connectivity index (χ4v) is 1.68. The largest absolute Gasteiger partial charge is 0.496 e. The van der Waals surface area contributed by atoms with Crippen molar-refractivity contribution in [1.29, 1.82) is 5.26 Å². The molecule has 17 heavy (non-hydrogen) atoms. The summed E-state index contributed by atoms with van der Waals surface area (Å²) in [5.74, 6) is -0.0691. The summed E-state index contributed by atoms with van der Waals surface area (Å²) in [7, 11) is 1.49. The molecule has 0 amide bonds. The number of aromatic nitrogens is 1. The Morgan fingerprint density at radius 1 is 1.35 bits per heavy atom. The lowest BCUT2D eigenvalue weighted by molar-refractivity contribution is 0.415. The van der Waals surface area contributed by atoms with Crippen LogP contribution in [0.5, 0.6) is 5.75 Å². The summed E-state index contributed by atoms with van der Waals surface area (Å²) < 4.78 is 18.7. The van der Waals surface area contributed by atoms with Gasteiger partial charge in [-0.25, -0.2) is 4.39 Å². The van der Waals surface area contributed by atoms with E-state index in [0.29, 0.717) is 11.3 Å². The topological polar surface area (TPSA) is 48.8 Å². The number of nitrogens with zero attached hydrogens (tertiary/aromatic N) is 1. The first-order valence-electron chi connectivity index (χ1n) is 5.09. The Kier molecular flexibility index (Phi) is 2.84. The number of rotatable bonds is 2. The molecule has 3 nitrogen and oxygen atoms in total. The quantitative estimate of drug-likeness (QED) is 0.862. The first-order chi connectivity index (χ1) is 8.15. The van der Waals surface area contributed by atoms with Crippen LogP contribution in [0.4, 0.5) is 4.39 Å². The third-order valence-corrected chi connectivity index (χ3v) is 2.53. The van der Waals surface area contributed by atoms with E-state index in [2.05, 4.69) is 4.98 Å². The predicted octanol–water partition coefficient (Wildman–Crippen LogP) is 3.01. The second kappa shape index (κ2) is 4.30. The molecule has 86 valence electrons. The van der Waals surface area contributed by atoms with Crippen molar-refractivity contribution in [3.05, 3.63) is 41.3 Å². The summed E-state index contributed by atoms with van der Waals surface area (Å²) in [6, 6.07) is 8.24. The number of hydrogen-bond acceptors (Lipinski definition) is 2. The Bertz CT molecular complexity index is 596. The molecule has 0 aliphatic heterocycles. The SMILES string of the molecule is COc1cc(C#N)c(F)cc1-c1ccc(C)[nH]1. The van der Waals surface area contributed by atoms with E-state index >= 15 is 0 Å². The van der Waals surface area contributed by atoms with Crippen LogP contribution in [-0.4, -0.2) is 12.1 Å². The highest BCUT2D eigenvalue weighted by Gasteiger charge is 2.12. The molecule has 0 aliphatic carbocycles. The Morgan fingerprint density at radius 3 is 2.65 bits per heavy atom. The summed E-state index contributed by atoms with van der Waals surface area (Å²) >= 11 is 0. The van der Waals surface area contributed by atoms with E-state index in [4.69, 9.17) is 10.00 Å². The van der Waals surface area contributed by atoms with E-state index in [-0.39, 0.29) is 5.56 Å². The van der Waals surface area contributed by atoms with Crippen LogP contribution in [0.1, 0.15) is 11.3 Å². The van der Waals surface area contributed by atoms with Crippen LogP contribution in [0.3, 0.4) is 0 Å². The zero-order valence-corrected chi connectivity index (χ0v) is 9.54. The number of benzene rings is 1. The third kappa shape index (κ3) is 2.00. The molecule has 0 spiro atoms. The molecule has 2 rings (SSSR count). The molecule has 0 aliphatic rings. The highest BCUT2D eigenvalue weighted by molar-refractivity contribution is 5.69. The van der Waals surface area contributed by atoms with Crippen LogP contribution in [0.2, 0.25) is 0 Å². The lowest BCUT2D eigenvalue weighted by Gasteiger charge is -2.08. The summed E-state index contributed by atoms with van der Waals surface area (Å²) in [5, 5.41) is 8.75. The van der Waals surface area contributed by atoms with Gasteiger partial charge in [0.1, 0.15) is 17.6 Å². The first kappa shape index (κ1) is 11.2. The summed E-state index contributed by atoms with van der Waals surface area (Å²) in [4.78, 5) is 3.10. The fourth-order valence-electron chi connectivity index (χ4n) is 1.68. The molecule has 0 saturated heterocycles. The van der Waals surface area contributed by atoms with Gasteiger partial charge >= 0.3 is 0 Å². The van der Waals surface area contributed by atoms with Gasteiger partial charge in [0, 0.05) is 23.0 Å². The normalized spacial score (nSPS) is 10.0. The predicted molar refractivity (Wildman–Crippen MR) is 62.2 cm³/mol. The zero-order chi connectivity index (χ0) is 12.4. The van der Waals surface area contributed by atoms with Crippen molar-refractivity contribution in [2.75, 3.05) is 7.11 Å². The maximum atomic E-state index is 13.6. The lowest BCUT2D eigenvalue weighted by Crippen LogP contribution is -1.93. The second-order valence-electron chi connectivity index (χ2n) is 3.70. The molecule has 1 N–H and O–H groups in total. The van der Waals surface area contributed by atoms with Crippen LogP contribution in [-0.2, 0) is 0 Å². The molecule has 0 bridgehead atoms. The van der Waals surface area contributed by atoms with Crippen LogP contribution < -0.4 is 4.74 Å². The molecule has 0 atom stereocenters. The van der Waals surface area contributed by atoms with Gasteiger partial charge in [0.15, 0.2) is 0 Å². The van der Waals surface area contributed by atoms with Crippen molar-refractivity contribution >= 4 is 0 Å². The van der Waals surface area contributed by atoms with Crippen molar-refractivity contribution in [3.8, 4) is 23.1 Å². The summed E-state index contributed by atoms with van der Waals surface area (Å²) in [6.07, 6.45) is 0. The average Bonchev–Trinajstić information content (AvgIpc) is 2.75. The highest BCUT2D eigenvalue weighted by atomic mass is 19.1. The molecule has 0 fully saturated rings. The van der Waals surface area contributed by atoms with Crippen LogP contribution in [0.15, 0.2) is 24.3 Å². The van der Waals surface area contributed by atoms with E-state index in [1.807, 2.05) is 19.1 Å². The molecular weight excluding hydrogens is 219 g/mol. The van der Waals surface area contributed by atoms with Crippen molar-refractivity contribution < 1.29 is 9.13 Å². The number of H-pyrrole nitrogens is 1. The molecule has 2 aromatic rings. The minimum absolute atomic E-state index is 0.0196. The standard InChI is InChI=1S/C13H11FN2O/c1-8-3-4-12(16-8)10-6-11(14)9(7-15)5-13(10)17-2/h3-6,16H,1-2H3. The van der Waals surface area contributed by atoms with Crippen molar-refractivity contribution in [1.82, 2.24) is 4.98 Å². The smallest absolute Gasteiger partial charge is 0.141 e. The summed E-state index contributed by atoms with van der Waals surface area (Å²) in [6.45, 7) is 1.91. The Balaban J connectivity index is 2.62. The van der Waals surface area contributed by atoms with E-state index in [9.17, 15) is 4.39 Å². The van der Waals surface area contributed by atoms with Crippen molar-refractivity contribution in [2.24, 2.45) is 0 Å². The van der Waals surface area contributed by atoms with Gasteiger partial charge in [0.25, 0.3) is 0 Å². The summed E-state index contributed by atoms with van der Waals surface area (Å²) in [5.41, 5.74) is 2.33. The molecule has 1 aromatic carbocycles. The molecular formula is C13H11FN2O. The third-order valence-electron chi connectivity index (χ3n) is 2.53. The Morgan fingerprint density at radius 2 is 2.12 bits per heavy atom. The van der Waals surface area contributed by atoms with Crippen molar-refractivity contribution in [2.45, 2.75) is 6.92 Å². The second-order valence-corrected chi connectivity index (χ2v) is 3.70. The number of methoxy groups -OCH3 is 1. The number of ether oxygens (including phenoxy) is 1. The van der Waals surface area contributed by atoms with Gasteiger partial charge in [0.2, 0.25) is 0 Å². The number of aryl methyl sites for hydroxylation is 1. The molecule has 0 radical (unpaired) electrons. The monoisotopic (exact) mass is 230 g/mol. The number of halogens is 1. The van der Waals surface area contributed by atoms with Gasteiger partial charge < -0.3 is 9.72 Å². The molecule has 1 aromatic heterocycles. The van der Waals surface area contributed by atoms with Gasteiger partial charge in [0.05, 0.1) is 12.7 Å². The first-order valence-corrected chi connectivity index (χ1v) is 5.09. The van der Waals surface area contributed by atoms with Crippen LogP contribution in [0.25, 0.3) is 11.3 Å². The molecule has 1 heterocycles. The van der Waals surface area contributed by atoms with Crippen LogP contribution >= 0.6 is 0 Å². The maximum Gasteiger partial charge on any atom is 0.141 e. The van der Waals surface area contributed by atoms with Gasteiger partial charge in [-0.3, -0.25) is 0 Å². The lowest BCUT2D eigenvalue weighted by atomic mass is 10.1. The Labute approximate surface area is 98.5 Å². The number of aromatic amines is 1. The van der Waals surface area contributed by atoms with E-state index < -0.39 is 5.82 Å². The van der Waals surface area contributed by atoms with E-state index in [0.717, 1.165) is 11.4 Å². The zero-order valence-electron chi connectivity index (χ0n) is 9.54. The van der Waals surface area contributed by atoms with Gasteiger partial charge in [-0.1, -0.05) is 0 Å². The minimum atomic E-state index is -0.546.